The summed E-state index contributed by atoms with van der Waals surface area (Å²) in [4.78, 5) is 15.6. The molecule has 2 aromatic rings. The van der Waals surface area contributed by atoms with Crippen molar-refractivity contribution in [2.45, 2.75) is 31.7 Å². The Balaban J connectivity index is 1.99. The molecule has 20 heavy (non-hydrogen) atoms. The molecule has 0 aliphatic carbocycles. The van der Waals surface area contributed by atoms with Crippen LogP contribution in [0, 0.1) is 13.8 Å². The molecule has 106 valence electrons. The van der Waals surface area contributed by atoms with E-state index < -0.39 is 5.97 Å². The van der Waals surface area contributed by atoms with Crippen molar-refractivity contribution in [2.24, 2.45) is 0 Å². The Morgan fingerprint density at radius 2 is 2.00 bits per heavy atom. The molecule has 2 rings (SSSR count). The van der Waals surface area contributed by atoms with Gasteiger partial charge >= 0.3 is 5.97 Å². The molecule has 1 aromatic heterocycles. The molecule has 4 nitrogen and oxygen atoms in total. The van der Waals surface area contributed by atoms with Crippen molar-refractivity contribution in [1.29, 1.82) is 0 Å². The molecule has 0 radical (unpaired) electrons. The monoisotopic (exact) mass is 291 g/mol. The lowest BCUT2D eigenvalue weighted by molar-refractivity contribution is 0.0519. The molecular formula is C15H17NO3S. The molecule has 5 heteroatoms. The Kier molecular flexibility index (Phi) is 4.84. The number of esters is 1. The fourth-order valence-corrected chi connectivity index (χ4v) is 2.66. The normalized spacial score (nSPS) is 10.6. The number of carbonyl (C=O) groups is 1. The Morgan fingerprint density at radius 1 is 1.30 bits per heavy atom. The SMILES string of the molecule is CCOC(=O)c1coc(SCc2cc(C)cc(C)c2)n1. The minimum atomic E-state index is -0.450. The summed E-state index contributed by atoms with van der Waals surface area (Å²) in [7, 11) is 0. The molecular weight excluding hydrogens is 274 g/mol. The zero-order chi connectivity index (χ0) is 14.5. The van der Waals surface area contributed by atoms with Gasteiger partial charge in [-0.05, 0) is 26.3 Å². The van der Waals surface area contributed by atoms with Crippen molar-refractivity contribution in [3.05, 3.63) is 46.8 Å². The molecule has 0 bridgehead atoms. The maximum absolute atomic E-state index is 11.5. The smallest absolute Gasteiger partial charge is 0.360 e. The Hall–Kier alpha value is -1.75. The van der Waals surface area contributed by atoms with Crippen molar-refractivity contribution in [1.82, 2.24) is 4.98 Å². The number of aryl methyl sites for hydroxylation is 2. The summed E-state index contributed by atoms with van der Waals surface area (Å²) >= 11 is 1.46. The van der Waals surface area contributed by atoms with Gasteiger partial charge in [0.25, 0.3) is 5.22 Å². The van der Waals surface area contributed by atoms with E-state index in [4.69, 9.17) is 9.15 Å². The lowest BCUT2D eigenvalue weighted by Crippen LogP contribution is -2.04. The van der Waals surface area contributed by atoms with Gasteiger partial charge in [-0.1, -0.05) is 41.1 Å². The predicted octanol–water partition coefficient (Wildman–Crippen LogP) is 3.76. The second-order valence-corrected chi connectivity index (χ2v) is 5.43. The van der Waals surface area contributed by atoms with Gasteiger partial charge < -0.3 is 9.15 Å². The van der Waals surface area contributed by atoms with Gasteiger partial charge in [0.2, 0.25) is 0 Å². The summed E-state index contributed by atoms with van der Waals surface area (Å²) in [5.74, 6) is 0.306. The number of oxazole rings is 1. The number of nitrogens with zero attached hydrogens (tertiary/aromatic N) is 1. The molecule has 0 aliphatic rings. The van der Waals surface area contributed by atoms with Crippen LogP contribution in [0.25, 0.3) is 0 Å². The largest absolute Gasteiger partial charge is 0.461 e. The first kappa shape index (κ1) is 14.7. The van der Waals surface area contributed by atoms with Gasteiger partial charge in [-0.15, -0.1) is 0 Å². The van der Waals surface area contributed by atoms with E-state index in [1.807, 2.05) is 0 Å². The number of benzene rings is 1. The van der Waals surface area contributed by atoms with Crippen LogP contribution in [0.5, 0.6) is 0 Å². The summed E-state index contributed by atoms with van der Waals surface area (Å²) in [6.45, 7) is 6.24. The highest BCUT2D eigenvalue weighted by Crippen LogP contribution is 2.23. The molecule has 0 fully saturated rings. The summed E-state index contributed by atoms with van der Waals surface area (Å²) in [5.41, 5.74) is 3.90. The van der Waals surface area contributed by atoms with Crippen LogP contribution in [0.1, 0.15) is 34.1 Å². The summed E-state index contributed by atoms with van der Waals surface area (Å²) in [5, 5.41) is 0.479. The highest BCUT2D eigenvalue weighted by atomic mass is 32.2. The summed E-state index contributed by atoms with van der Waals surface area (Å²) in [6, 6.07) is 6.41. The van der Waals surface area contributed by atoms with Gasteiger partial charge in [0.1, 0.15) is 6.26 Å². The van der Waals surface area contributed by atoms with E-state index in [0.29, 0.717) is 11.8 Å². The first-order chi connectivity index (χ1) is 9.58. The quantitative estimate of drug-likeness (QED) is 0.620. The fourth-order valence-electron chi connectivity index (χ4n) is 1.92. The van der Waals surface area contributed by atoms with E-state index in [1.54, 1.807) is 6.92 Å². The Morgan fingerprint density at radius 3 is 2.65 bits per heavy atom. The molecule has 0 N–H and O–H groups in total. The standard InChI is InChI=1S/C15H17NO3S/c1-4-18-14(17)13-8-19-15(16-13)20-9-12-6-10(2)5-11(3)7-12/h5-8H,4,9H2,1-3H3. The maximum Gasteiger partial charge on any atom is 0.360 e. The maximum atomic E-state index is 11.5. The third-order valence-corrected chi connectivity index (χ3v) is 3.52. The second-order valence-electron chi connectivity index (χ2n) is 4.50. The van der Waals surface area contributed by atoms with E-state index in [1.165, 1.54) is 34.7 Å². The number of carbonyl (C=O) groups excluding carboxylic acids is 1. The van der Waals surface area contributed by atoms with E-state index in [2.05, 4.69) is 37.0 Å². The first-order valence-electron chi connectivity index (χ1n) is 6.41. The minimum Gasteiger partial charge on any atom is -0.461 e. The molecule has 0 unspecified atom stereocenters. The number of hydrogen-bond acceptors (Lipinski definition) is 5. The number of aromatic nitrogens is 1. The first-order valence-corrected chi connectivity index (χ1v) is 7.39. The third-order valence-electron chi connectivity index (χ3n) is 2.61. The van der Waals surface area contributed by atoms with Crippen molar-refractivity contribution < 1.29 is 13.9 Å². The van der Waals surface area contributed by atoms with Crippen LogP contribution in [0.3, 0.4) is 0 Å². The summed E-state index contributed by atoms with van der Waals surface area (Å²) in [6.07, 6.45) is 1.34. The van der Waals surface area contributed by atoms with Crippen molar-refractivity contribution in [3.63, 3.8) is 0 Å². The van der Waals surface area contributed by atoms with Crippen LogP contribution < -0.4 is 0 Å². The van der Waals surface area contributed by atoms with Crippen molar-refractivity contribution in [3.8, 4) is 0 Å². The van der Waals surface area contributed by atoms with Gasteiger partial charge in [-0.3, -0.25) is 0 Å². The van der Waals surface area contributed by atoms with Crippen LogP contribution in [-0.4, -0.2) is 17.6 Å². The van der Waals surface area contributed by atoms with Gasteiger partial charge in [0.05, 0.1) is 6.61 Å². The molecule has 0 spiro atoms. The number of ether oxygens (including phenoxy) is 1. The van der Waals surface area contributed by atoms with Gasteiger partial charge in [0, 0.05) is 5.75 Å². The lowest BCUT2D eigenvalue weighted by atomic mass is 10.1. The van der Waals surface area contributed by atoms with Crippen LogP contribution in [0.4, 0.5) is 0 Å². The van der Waals surface area contributed by atoms with Gasteiger partial charge in [-0.25, -0.2) is 4.79 Å². The molecule has 1 heterocycles. The second kappa shape index (κ2) is 6.61. The Labute approximate surface area is 122 Å². The zero-order valence-electron chi connectivity index (χ0n) is 11.8. The molecule has 0 saturated carbocycles. The van der Waals surface area contributed by atoms with Gasteiger partial charge in [-0.2, -0.15) is 4.98 Å². The zero-order valence-corrected chi connectivity index (χ0v) is 12.6. The minimum absolute atomic E-state index is 0.217. The molecule has 0 saturated heterocycles. The van der Waals surface area contributed by atoms with Gasteiger partial charge in [0.15, 0.2) is 5.69 Å². The van der Waals surface area contributed by atoms with Crippen LogP contribution in [-0.2, 0) is 10.5 Å². The van der Waals surface area contributed by atoms with E-state index in [-0.39, 0.29) is 5.69 Å². The topological polar surface area (TPSA) is 52.3 Å². The average Bonchev–Trinajstić information content (AvgIpc) is 2.84. The van der Waals surface area contributed by atoms with E-state index in [0.717, 1.165) is 5.75 Å². The van der Waals surface area contributed by atoms with E-state index in [9.17, 15) is 4.79 Å². The van der Waals surface area contributed by atoms with Crippen LogP contribution in [0.15, 0.2) is 34.1 Å². The number of rotatable bonds is 5. The predicted molar refractivity (Wildman–Crippen MR) is 77.9 cm³/mol. The van der Waals surface area contributed by atoms with Crippen molar-refractivity contribution >= 4 is 17.7 Å². The highest BCUT2D eigenvalue weighted by Gasteiger charge is 2.13. The summed E-state index contributed by atoms with van der Waals surface area (Å²) < 4.78 is 10.1. The van der Waals surface area contributed by atoms with Crippen LogP contribution >= 0.6 is 11.8 Å². The lowest BCUT2D eigenvalue weighted by Gasteiger charge is -2.02. The highest BCUT2D eigenvalue weighted by molar-refractivity contribution is 7.98. The van der Waals surface area contributed by atoms with E-state index >= 15 is 0 Å². The third kappa shape index (κ3) is 3.87. The molecule has 0 aliphatic heterocycles. The van der Waals surface area contributed by atoms with Crippen molar-refractivity contribution in [2.75, 3.05) is 6.61 Å². The average molecular weight is 291 g/mol. The fraction of sp³-hybridized carbons (Fsp3) is 0.333. The molecule has 0 atom stereocenters. The van der Waals surface area contributed by atoms with Crippen LogP contribution in [0.2, 0.25) is 0 Å². The number of thioether (sulfide) groups is 1. The number of hydrogen-bond donors (Lipinski definition) is 0. The molecule has 0 amide bonds. The Bertz CT molecular complexity index is 587. The molecule has 1 aromatic carbocycles.